The molecule has 0 saturated heterocycles. The molecule has 2 heteroatoms. The van der Waals surface area contributed by atoms with Gasteiger partial charge in [0, 0.05) is 11.6 Å². The summed E-state index contributed by atoms with van der Waals surface area (Å²) in [4.78, 5) is 0. The molecule has 1 aromatic carbocycles. The Morgan fingerprint density at radius 2 is 1.57 bits per heavy atom. The highest BCUT2D eigenvalue weighted by Crippen LogP contribution is 2.23. The van der Waals surface area contributed by atoms with Crippen molar-refractivity contribution in [3.63, 3.8) is 0 Å². The van der Waals surface area contributed by atoms with Crippen LogP contribution in [0.4, 0.5) is 4.39 Å². The predicted octanol–water partition coefficient (Wildman–Crippen LogP) is 6.01. The van der Waals surface area contributed by atoms with Crippen LogP contribution in [0.25, 0.3) is 0 Å². The van der Waals surface area contributed by atoms with E-state index in [9.17, 15) is 4.39 Å². The molecule has 1 atom stereocenters. The Morgan fingerprint density at radius 1 is 0.905 bits per heavy atom. The Balaban J connectivity index is 2.35. The average Bonchev–Trinajstić information content (AvgIpc) is 2.50. The van der Waals surface area contributed by atoms with Gasteiger partial charge in [0.1, 0.15) is 5.82 Å². The lowest BCUT2D eigenvalue weighted by Gasteiger charge is -2.19. The summed E-state index contributed by atoms with van der Waals surface area (Å²) in [5.74, 6) is -0.0750. The summed E-state index contributed by atoms with van der Waals surface area (Å²) < 4.78 is 13.9. The molecule has 0 fully saturated rings. The van der Waals surface area contributed by atoms with Crippen molar-refractivity contribution in [1.29, 1.82) is 0 Å². The van der Waals surface area contributed by atoms with Gasteiger partial charge in [-0.1, -0.05) is 77.0 Å². The van der Waals surface area contributed by atoms with Crippen LogP contribution >= 0.6 is 0 Å². The third kappa shape index (κ3) is 7.61. The van der Waals surface area contributed by atoms with Crippen LogP contribution in [0.15, 0.2) is 24.3 Å². The molecule has 120 valence electrons. The zero-order valence-electron chi connectivity index (χ0n) is 13.8. The van der Waals surface area contributed by atoms with Crippen molar-refractivity contribution in [2.24, 2.45) is 0 Å². The molecule has 0 amide bonds. The Bertz CT molecular complexity index is 364. The van der Waals surface area contributed by atoms with E-state index in [1.165, 1.54) is 44.9 Å². The van der Waals surface area contributed by atoms with Gasteiger partial charge in [0.15, 0.2) is 0 Å². The van der Waals surface area contributed by atoms with E-state index >= 15 is 0 Å². The van der Waals surface area contributed by atoms with Crippen LogP contribution in [-0.4, -0.2) is 6.54 Å². The normalized spacial score (nSPS) is 12.5. The van der Waals surface area contributed by atoms with Crippen molar-refractivity contribution >= 4 is 0 Å². The summed E-state index contributed by atoms with van der Waals surface area (Å²) in [6.07, 6.45) is 11.3. The second-order valence-corrected chi connectivity index (χ2v) is 5.94. The highest BCUT2D eigenvalue weighted by Gasteiger charge is 2.13. The van der Waals surface area contributed by atoms with Crippen LogP contribution in [0.3, 0.4) is 0 Å². The molecule has 0 radical (unpaired) electrons. The van der Waals surface area contributed by atoms with Gasteiger partial charge in [0.05, 0.1) is 0 Å². The largest absolute Gasteiger partial charge is 0.310 e. The van der Waals surface area contributed by atoms with E-state index in [0.29, 0.717) is 0 Å². The van der Waals surface area contributed by atoms with E-state index in [4.69, 9.17) is 0 Å². The zero-order valence-corrected chi connectivity index (χ0v) is 13.8. The highest BCUT2D eigenvalue weighted by atomic mass is 19.1. The molecule has 1 N–H and O–H groups in total. The van der Waals surface area contributed by atoms with E-state index in [2.05, 4.69) is 19.2 Å². The number of hydrogen-bond donors (Lipinski definition) is 1. The first-order valence-corrected chi connectivity index (χ1v) is 8.77. The number of nitrogens with one attached hydrogen (secondary N) is 1. The second kappa shape index (κ2) is 11.7. The summed E-state index contributed by atoms with van der Waals surface area (Å²) in [5, 5.41) is 3.50. The number of halogens is 1. The summed E-state index contributed by atoms with van der Waals surface area (Å²) in [6.45, 7) is 5.35. The first kappa shape index (κ1) is 18.2. The zero-order chi connectivity index (χ0) is 15.3. The molecular formula is C19H32FN. The van der Waals surface area contributed by atoms with E-state index in [1.54, 1.807) is 12.1 Å². The van der Waals surface area contributed by atoms with E-state index < -0.39 is 0 Å². The summed E-state index contributed by atoms with van der Waals surface area (Å²) in [6, 6.07) is 7.36. The summed E-state index contributed by atoms with van der Waals surface area (Å²) in [7, 11) is 0. The van der Waals surface area contributed by atoms with Gasteiger partial charge in [-0.3, -0.25) is 0 Å². The van der Waals surface area contributed by atoms with Gasteiger partial charge in [-0.05, 0) is 25.5 Å². The fraction of sp³-hybridized carbons (Fsp3) is 0.684. The number of rotatable bonds is 12. The average molecular weight is 293 g/mol. The topological polar surface area (TPSA) is 12.0 Å². The maximum absolute atomic E-state index is 13.9. The smallest absolute Gasteiger partial charge is 0.127 e. The monoisotopic (exact) mass is 293 g/mol. The molecule has 1 rings (SSSR count). The lowest BCUT2D eigenvalue weighted by molar-refractivity contribution is 0.448. The van der Waals surface area contributed by atoms with Crippen molar-refractivity contribution in [3.8, 4) is 0 Å². The lowest BCUT2D eigenvalue weighted by Crippen LogP contribution is -2.23. The van der Waals surface area contributed by atoms with Crippen LogP contribution < -0.4 is 5.32 Å². The molecular weight excluding hydrogens is 261 g/mol. The minimum atomic E-state index is -0.0750. The van der Waals surface area contributed by atoms with Crippen molar-refractivity contribution in [2.75, 3.05) is 6.54 Å². The van der Waals surface area contributed by atoms with E-state index in [1.807, 2.05) is 12.1 Å². The Morgan fingerprint density at radius 3 is 2.24 bits per heavy atom. The molecule has 0 saturated carbocycles. The number of unbranched alkanes of at least 4 members (excludes halogenated alkanes) is 6. The van der Waals surface area contributed by atoms with Crippen molar-refractivity contribution in [3.05, 3.63) is 35.6 Å². The Kier molecular flexibility index (Phi) is 10.1. The Hall–Kier alpha value is -0.890. The van der Waals surface area contributed by atoms with Gasteiger partial charge in [-0.2, -0.15) is 0 Å². The SMILES string of the molecule is CCCCCCCCCC(NCCC)c1ccccc1F. The number of benzene rings is 1. The van der Waals surface area contributed by atoms with Crippen molar-refractivity contribution < 1.29 is 4.39 Å². The molecule has 0 aliphatic heterocycles. The van der Waals surface area contributed by atoms with Gasteiger partial charge in [-0.15, -0.1) is 0 Å². The van der Waals surface area contributed by atoms with Crippen molar-refractivity contribution in [2.45, 2.75) is 77.7 Å². The van der Waals surface area contributed by atoms with Gasteiger partial charge in [-0.25, -0.2) is 4.39 Å². The van der Waals surface area contributed by atoms with Crippen molar-refractivity contribution in [1.82, 2.24) is 5.32 Å². The fourth-order valence-corrected chi connectivity index (χ4v) is 2.75. The summed E-state index contributed by atoms with van der Waals surface area (Å²) in [5.41, 5.74) is 0.830. The minimum Gasteiger partial charge on any atom is -0.310 e. The molecule has 1 unspecified atom stereocenters. The van der Waals surface area contributed by atoms with Crippen LogP contribution in [-0.2, 0) is 0 Å². The molecule has 1 nitrogen and oxygen atoms in total. The molecule has 0 bridgehead atoms. The van der Waals surface area contributed by atoms with Gasteiger partial charge >= 0.3 is 0 Å². The lowest BCUT2D eigenvalue weighted by atomic mass is 9.99. The van der Waals surface area contributed by atoms with Gasteiger partial charge in [0.2, 0.25) is 0 Å². The third-order valence-electron chi connectivity index (χ3n) is 4.02. The maximum atomic E-state index is 13.9. The van der Waals surface area contributed by atoms with Gasteiger partial charge in [0.25, 0.3) is 0 Å². The van der Waals surface area contributed by atoms with Crippen LogP contribution in [0.2, 0.25) is 0 Å². The molecule has 0 aliphatic carbocycles. The van der Waals surface area contributed by atoms with Crippen LogP contribution in [0.1, 0.15) is 83.2 Å². The van der Waals surface area contributed by atoms with Crippen LogP contribution in [0, 0.1) is 5.82 Å². The first-order valence-electron chi connectivity index (χ1n) is 8.77. The molecule has 0 heterocycles. The molecule has 21 heavy (non-hydrogen) atoms. The maximum Gasteiger partial charge on any atom is 0.127 e. The standard InChI is InChI=1S/C19H32FN/c1-3-5-6-7-8-9-10-15-19(21-16-4-2)17-13-11-12-14-18(17)20/h11-14,19,21H,3-10,15-16H2,1-2H3. The fourth-order valence-electron chi connectivity index (χ4n) is 2.75. The van der Waals surface area contributed by atoms with E-state index in [-0.39, 0.29) is 11.9 Å². The van der Waals surface area contributed by atoms with Crippen LogP contribution in [0.5, 0.6) is 0 Å². The quantitative estimate of drug-likeness (QED) is 0.465. The van der Waals surface area contributed by atoms with E-state index in [0.717, 1.165) is 24.9 Å². The predicted molar refractivity (Wildman–Crippen MR) is 90.0 cm³/mol. The Labute approximate surface area is 130 Å². The number of hydrogen-bond acceptors (Lipinski definition) is 1. The third-order valence-corrected chi connectivity index (χ3v) is 4.02. The molecule has 0 spiro atoms. The molecule has 0 aromatic heterocycles. The summed E-state index contributed by atoms with van der Waals surface area (Å²) >= 11 is 0. The second-order valence-electron chi connectivity index (χ2n) is 5.94. The molecule has 1 aromatic rings. The first-order chi connectivity index (χ1) is 10.3. The minimum absolute atomic E-state index is 0.0750. The molecule has 0 aliphatic rings. The highest BCUT2D eigenvalue weighted by molar-refractivity contribution is 5.21. The van der Waals surface area contributed by atoms with Gasteiger partial charge < -0.3 is 5.32 Å².